The summed E-state index contributed by atoms with van der Waals surface area (Å²) in [5.41, 5.74) is 0. The smallest absolute Gasteiger partial charge is 0.148 e. The molecular formula is C4H13NOSi. The first kappa shape index (κ1) is 7.14. The zero-order valence-corrected chi connectivity index (χ0v) is 7.43. The van der Waals surface area contributed by atoms with Crippen LogP contribution in [-0.2, 0) is 4.43 Å². The predicted molar refractivity (Wildman–Crippen MR) is 34.2 cm³/mol. The third-order valence-corrected chi connectivity index (χ3v) is 1.75. The van der Waals surface area contributed by atoms with Crippen LogP contribution in [-0.4, -0.2) is 35.7 Å². The maximum absolute atomic E-state index is 5.08. The van der Waals surface area contributed by atoms with E-state index in [2.05, 4.69) is 0 Å². The Morgan fingerprint density at radius 1 is 1.57 bits per heavy atom. The van der Waals surface area contributed by atoms with Gasteiger partial charge in [0.2, 0.25) is 0 Å². The molecule has 0 aromatic rings. The molecule has 0 spiro atoms. The molecule has 0 rings (SSSR count). The third-order valence-electron chi connectivity index (χ3n) is 1.07. The lowest BCUT2D eigenvalue weighted by molar-refractivity contribution is 0.0916. The highest BCUT2D eigenvalue weighted by atomic mass is 28.2. The number of nitrogens with zero attached hydrogens (tertiary/aromatic N) is 1. The van der Waals surface area contributed by atoms with Gasteiger partial charge in [0.1, 0.15) is 10.5 Å². The van der Waals surface area contributed by atoms with Gasteiger partial charge in [0.15, 0.2) is 0 Å². The molecule has 0 aromatic carbocycles. The predicted octanol–water partition coefficient (Wildman–Crippen LogP) is -0.809. The fraction of sp³-hybridized carbons (Fsp3) is 1.00. The van der Waals surface area contributed by atoms with Crippen LogP contribution in [0.5, 0.6) is 0 Å². The van der Waals surface area contributed by atoms with E-state index in [4.69, 9.17) is 4.43 Å². The molecular weight excluding hydrogens is 106 g/mol. The summed E-state index contributed by atoms with van der Waals surface area (Å²) in [5, 5.41) is 0. The highest BCUT2D eigenvalue weighted by Crippen LogP contribution is 1.87. The van der Waals surface area contributed by atoms with Crippen LogP contribution in [0.15, 0.2) is 0 Å². The molecule has 0 saturated carbocycles. The molecule has 0 aliphatic carbocycles. The van der Waals surface area contributed by atoms with Crippen molar-refractivity contribution in [3.8, 4) is 0 Å². The largest absolute Gasteiger partial charge is 0.413 e. The van der Waals surface area contributed by atoms with E-state index in [1.165, 1.54) is 0 Å². The molecule has 0 heterocycles. The van der Waals surface area contributed by atoms with Crippen LogP contribution in [0, 0.1) is 0 Å². The van der Waals surface area contributed by atoms with Gasteiger partial charge < -0.3 is 4.43 Å². The minimum absolute atomic E-state index is 0.298. The van der Waals surface area contributed by atoms with E-state index in [1.54, 1.807) is 0 Å². The lowest BCUT2D eigenvalue weighted by Gasteiger charge is -2.17. The minimum atomic E-state index is 0.298. The molecule has 0 saturated heterocycles. The molecule has 0 N–H and O–H groups in total. The summed E-state index contributed by atoms with van der Waals surface area (Å²) in [6.45, 7) is 2.03. The molecule has 1 atom stereocenters. The number of rotatable bonds is 2. The molecule has 0 bridgehead atoms. The van der Waals surface area contributed by atoms with E-state index < -0.39 is 0 Å². The van der Waals surface area contributed by atoms with Crippen LogP contribution in [0.25, 0.3) is 0 Å². The second-order valence-corrected chi connectivity index (χ2v) is 2.27. The summed E-state index contributed by atoms with van der Waals surface area (Å²) in [6.07, 6.45) is 0.298. The second-order valence-electron chi connectivity index (χ2n) is 1.80. The highest BCUT2D eigenvalue weighted by molar-refractivity contribution is 5.98. The van der Waals surface area contributed by atoms with Gasteiger partial charge in [-0.1, -0.05) is 0 Å². The van der Waals surface area contributed by atoms with E-state index in [0.29, 0.717) is 6.23 Å². The van der Waals surface area contributed by atoms with Crippen molar-refractivity contribution < 1.29 is 4.43 Å². The normalized spacial score (nSPS) is 15.4. The molecule has 2 nitrogen and oxygen atoms in total. The molecule has 0 aliphatic rings. The minimum Gasteiger partial charge on any atom is -0.413 e. The van der Waals surface area contributed by atoms with Gasteiger partial charge in [-0.15, -0.1) is 0 Å². The van der Waals surface area contributed by atoms with Gasteiger partial charge in [0, 0.05) is 0 Å². The molecule has 3 heteroatoms. The van der Waals surface area contributed by atoms with Crippen molar-refractivity contribution in [3.63, 3.8) is 0 Å². The van der Waals surface area contributed by atoms with Crippen molar-refractivity contribution in [2.45, 2.75) is 13.2 Å². The van der Waals surface area contributed by atoms with E-state index in [1.807, 2.05) is 25.9 Å². The van der Waals surface area contributed by atoms with Crippen LogP contribution < -0.4 is 0 Å². The summed E-state index contributed by atoms with van der Waals surface area (Å²) in [7, 11) is 4.83. The summed E-state index contributed by atoms with van der Waals surface area (Å²) in [5.74, 6) is 0. The van der Waals surface area contributed by atoms with Crippen LogP contribution >= 0.6 is 0 Å². The standard InChI is InChI=1S/C4H13NOSi/c1-4(6-7)5(2)3/h4H,1-3,7H3. The molecule has 0 aliphatic heterocycles. The molecule has 0 aromatic heterocycles. The monoisotopic (exact) mass is 119 g/mol. The highest BCUT2D eigenvalue weighted by Gasteiger charge is 1.96. The molecule has 0 fully saturated rings. The van der Waals surface area contributed by atoms with E-state index >= 15 is 0 Å². The Hall–Kier alpha value is 0.137. The molecule has 0 amide bonds. The number of hydrogen-bond acceptors (Lipinski definition) is 2. The maximum Gasteiger partial charge on any atom is 0.148 e. The SMILES string of the molecule is CC(O[SiH3])N(C)C. The van der Waals surface area contributed by atoms with Crippen LogP contribution in [0.4, 0.5) is 0 Å². The van der Waals surface area contributed by atoms with Crippen molar-refractivity contribution in [2.75, 3.05) is 14.1 Å². The first-order valence-electron chi connectivity index (χ1n) is 2.37. The van der Waals surface area contributed by atoms with Gasteiger partial charge in [0.25, 0.3) is 0 Å². The molecule has 7 heavy (non-hydrogen) atoms. The average Bonchev–Trinajstić information content (AvgIpc) is 1.65. The topological polar surface area (TPSA) is 12.5 Å². The zero-order valence-electron chi connectivity index (χ0n) is 5.43. The van der Waals surface area contributed by atoms with Crippen LogP contribution in [0.1, 0.15) is 6.92 Å². The third kappa shape index (κ3) is 2.79. The molecule has 44 valence electrons. The summed E-state index contributed by atoms with van der Waals surface area (Å²) >= 11 is 0. The van der Waals surface area contributed by atoms with Gasteiger partial charge >= 0.3 is 0 Å². The Morgan fingerprint density at radius 2 is 2.00 bits per heavy atom. The number of hydrogen-bond donors (Lipinski definition) is 0. The Balaban J connectivity index is 3.14. The average molecular weight is 119 g/mol. The van der Waals surface area contributed by atoms with Gasteiger partial charge in [0.05, 0.1) is 6.23 Å². The van der Waals surface area contributed by atoms with Gasteiger partial charge in [-0.25, -0.2) is 0 Å². The Labute approximate surface area is 48.0 Å². The van der Waals surface area contributed by atoms with Crippen molar-refractivity contribution in [3.05, 3.63) is 0 Å². The zero-order chi connectivity index (χ0) is 5.86. The van der Waals surface area contributed by atoms with Gasteiger partial charge in [-0.05, 0) is 21.0 Å². The fourth-order valence-electron chi connectivity index (χ4n) is 0.211. The first-order valence-corrected chi connectivity index (χ1v) is 3.19. The van der Waals surface area contributed by atoms with Crippen molar-refractivity contribution in [2.24, 2.45) is 0 Å². The van der Waals surface area contributed by atoms with Crippen LogP contribution in [0.3, 0.4) is 0 Å². The van der Waals surface area contributed by atoms with Crippen molar-refractivity contribution >= 4 is 10.5 Å². The Kier molecular flexibility index (Phi) is 3.24. The lowest BCUT2D eigenvalue weighted by atomic mass is 10.6. The maximum atomic E-state index is 5.08. The lowest BCUT2D eigenvalue weighted by Crippen LogP contribution is -2.26. The van der Waals surface area contributed by atoms with Gasteiger partial charge in [-0.2, -0.15) is 0 Å². The fourth-order valence-corrected chi connectivity index (χ4v) is 0.632. The van der Waals surface area contributed by atoms with Crippen molar-refractivity contribution in [1.82, 2.24) is 4.90 Å². The van der Waals surface area contributed by atoms with Crippen molar-refractivity contribution in [1.29, 1.82) is 0 Å². The van der Waals surface area contributed by atoms with E-state index in [0.717, 1.165) is 10.5 Å². The summed E-state index contributed by atoms with van der Waals surface area (Å²) in [4.78, 5) is 2.03. The summed E-state index contributed by atoms with van der Waals surface area (Å²) in [6, 6.07) is 0. The summed E-state index contributed by atoms with van der Waals surface area (Å²) < 4.78 is 5.08. The quantitative estimate of drug-likeness (QED) is 0.348. The Bertz CT molecular complexity index is 49.0. The van der Waals surface area contributed by atoms with Gasteiger partial charge in [-0.3, -0.25) is 4.90 Å². The van der Waals surface area contributed by atoms with E-state index in [9.17, 15) is 0 Å². The molecule has 0 radical (unpaired) electrons. The van der Waals surface area contributed by atoms with E-state index in [-0.39, 0.29) is 0 Å². The first-order chi connectivity index (χ1) is 3.18. The second kappa shape index (κ2) is 3.18. The van der Waals surface area contributed by atoms with Crippen LogP contribution in [0.2, 0.25) is 0 Å². The molecule has 1 unspecified atom stereocenters. The Morgan fingerprint density at radius 3 is 2.00 bits per heavy atom.